The molecule has 0 heterocycles. The van der Waals surface area contributed by atoms with Crippen LogP contribution in [0.2, 0.25) is 5.02 Å². The molecule has 3 unspecified atom stereocenters. The van der Waals surface area contributed by atoms with Gasteiger partial charge in [0.25, 0.3) is 0 Å². The molecule has 3 atom stereocenters. The predicted molar refractivity (Wildman–Crippen MR) is 77.2 cm³/mol. The summed E-state index contributed by atoms with van der Waals surface area (Å²) in [6.07, 6.45) is 5.89. The van der Waals surface area contributed by atoms with E-state index in [4.69, 9.17) is 17.4 Å². The zero-order valence-electron chi connectivity index (χ0n) is 11.3. The van der Waals surface area contributed by atoms with Crippen LogP contribution in [0.25, 0.3) is 0 Å². The average Bonchev–Trinajstić information content (AvgIpc) is 2.44. The van der Waals surface area contributed by atoms with E-state index in [1.807, 2.05) is 0 Å². The van der Waals surface area contributed by atoms with E-state index in [1.165, 1.54) is 25.3 Å². The van der Waals surface area contributed by atoms with Crippen molar-refractivity contribution in [2.75, 3.05) is 0 Å². The lowest BCUT2D eigenvalue weighted by Crippen LogP contribution is -2.38. The molecule has 1 saturated carbocycles. The molecule has 0 saturated heterocycles. The Labute approximate surface area is 119 Å². The van der Waals surface area contributed by atoms with Crippen molar-refractivity contribution in [3.63, 3.8) is 0 Å². The van der Waals surface area contributed by atoms with Gasteiger partial charge in [0.05, 0.1) is 6.04 Å². The van der Waals surface area contributed by atoms with Gasteiger partial charge in [-0.25, -0.2) is 4.39 Å². The summed E-state index contributed by atoms with van der Waals surface area (Å²) in [5.41, 5.74) is 3.42. The monoisotopic (exact) mass is 284 g/mol. The lowest BCUT2D eigenvalue weighted by Gasteiger charge is -2.37. The number of hydrazine groups is 1. The molecule has 19 heavy (non-hydrogen) atoms. The Morgan fingerprint density at radius 2 is 2.16 bits per heavy atom. The molecule has 3 N–H and O–H groups in total. The number of halogens is 2. The van der Waals surface area contributed by atoms with E-state index in [1.54, 1.807) is 12.1 Å². The summed E-state index contributed by atoms with van der Waals surface area (Å²) in [5.74, 6) is 6.47. The molecule has 4 heteroatoms. The van der Waals surface area contributed by atoms with Crippen molar-refractivity contribution in [3.05, 3.63) is 34.6 Å². The normalized spacial score (nSPS) is 25.3. The third-order valence-electron chi connectivity index (χ3n) is 4.39. The predicted octanol–water partition coefficient (Wildman–Crippen LogP) is 4.20. The number of rotatable bonds is 4. The van der Waals surface area contributed by atoms with Crippen LogP contribution >= 0.6 is 11.6 Å². The standard InChI is InChI=1S/C15H22ClFN2/c1-2-10-5-3-4-6-12(10)15(19-18)13-9-11(16)7-8-14(13)17/h7-10,12,15,19H,2-6,18H2,1H3. The Balaban J connectivity index is 2.29. The number of hydrogen-bond acceptors (Lipinski definition) is 2. The fourth-order valence-electron chi connectivity index (χ4n) is 3.38. The molecule has 0 spiro atoms. The maximum Gasteiger partial charge on any atom is 0.128 e. The van der Waals surface area contributed by atoms with E-state index < -0.39 is 0 Å². The van der Waals surface area contributed by atoms with Gasteiger partial charge in [0.1, 0.15) is 5.82 Å². The van der Waals surface area contributed by atoms with Crippen LogP contribution in [-0.2, 0) is 0 Å². The van der Waals surface area contributed by atoms with Gasteiger partial charge in [-0.1, -0.05) is 44.2 Å². The minimum absolute atomic E-state index is 0.149. The maximum atomic E-state index is 14.0. The first-order valence-electron chi connectivity index (χ1n) is 7.08. The Morgan fingerprint density at radius 1 is 1.42 bits per heavy atom. The third-order valence-corrected chi connectivity index (χ3v) is 4.63. The highest BCUT2D eigenvalue weighted by molar-refractivity contribution is 6.30. The molecule has 2 rings (SSSR count). The van der Waals surface area contributed by atoms with Crippen LogP contribution in [0.5, 0.6) is 0 Å². The van der Waals surface area contributed by atoms with E-state index in [0.29, 0.717) is 22.4 Å². The average molecular weight is 285 g/mol. The van der Waals surface area contributed by atoms with Crippen molar-refractivity contribution in [1.82, 2.24) is 5.43 Å². The highest BCUT2D eigenvalue weighted by Crippen LogP contribution is 2.40. The molecule has 1 fully saturated rings. The van der Waals surface area contributed by atoms with Crippen LogP contribution in [-0.4, -0.2) is 0 Å². The number of hydrogen-bond donors (Lipinski definition) is 2. The van der Waals surface area contributed by atoms with Crippen LogP contribution in [0.1, 0.15) is 50.6 Å². The first kappa shape index (κ1) is 14.8. The second-order valence-corrected chi connectivity index (χ2v) is 5.86. The van der Waals surface area contributed by atoms with Crippen molar-refractivity contribution < 1.29 is 4.39 Å². The molecule has 1 aromatic carbocycles. The Morgan fingerprint density at radius 3 is 2.84 bits per heavy atom. The molecule has 0 aliphatic heterocycles. The zero-order chi connectivity index (χ0) is 13.8. The van der Waals surface area contributed by atoms with Gasteiger partial charge in [0.2, 0.25) is 0 Å². The van der Waals surface area contributed by atoms with E-state index in [0.717, 1.165) is 12.8 Å². The lowest BCUT2D eigenvalue weighted by molar-refractivity contribution is 0.173. The van der Waals surface area contributed by atoms with Crippen molar-refractivity contribution >= 4 is 11.6 Å². The quantitative estimate of drug-likeness (QED) is 0.642. The second-order valence-electron chi connectivity index (χ2n) is 5.43. The summed E-state index contributed by atoms with van der Waals surface area (Å²) in [6, 6.07) is 4.55. The van der Waals surface area contributed by atoms with Gasteiger partial charge in [-0.3, -0.25) is 11.3 Å². The van der Waals surface area contributed by atoms with Crippen molar-refractivity contribution in [2.45, 2.75) is 45.1 Å². The summed E-state index contributed by atoms with van der Waals surface area (Å²) >= 11 is 5.99. The molecule has 0 amide bonds. The second kappa shape index (κ2) is 6.69. The zero-order valence-corrected chi connectivity index (χ0v) is 12.1. The molecule has 1 aromatic rings. The van der Waals surface area contributed by atoms with E-state index >= 15 is 0 Å². The summed E-state index contributed by atoms with van der Waals surface area (Å²) in [5, 5.41) is 0.556. The van der Waals surface area contributed by atoms with Gasteiger partial charge in [-0.2, -0.15) is 0 Å². The topological polar surface area (TPSA) is 38.0 Å². The van der Waals surface area contributed by atoms with Crippen molar-refractivity contribution in [3.8, 4) is 0 Å². The fourth-order valence-corrected chi connectivity index (χ4v) is 3.56. The molecule has 1 aliphatic rings. The molecule has 0 bridgehead atoms. The highest BCUT2D eigenvalue weighted by Gasteiger charge is 2.32. The molecule has 106 valence electrons. The molecular formula is C15H22ClFN2. The van der Waals surface area contributed by atoms with Crippen molar-refractivity contribution in [2.24, 2.45) is 17.7 Å². The highest BCUT2D eigenvalue weighted by atomic mass is 35.5. The molecule has 1 aliphatic carbocycles. The maximum absolute atomic E-state index is 14.0. The molecule has 0 aromatic heterocycles. The minimum Gasteiger partial charge on any atom is -0.271 e. The van der Waals surface area contributed by atoms with Gasteiger partial charge < -0.3 is 0 Å². The van der Waals surface area contributed by atoms with Gasteiger partial charge in [-0.05, 0) is 36.5 Å². The Kier molecular flexibility index (Phi) is 5.20. The summed E-state index contributed by atoms with van der Waals surface area (Å²) < 4.78 is 14.0. The third kappa shape index (κ3) is 3.28. The summed E-state index contributed by atoms with van der Waals surface area (Å²) in [4.78, 5) is 0. The molecule has 2 nitrogen and oxygen atoms in total. The largest absolute Gasteiger partial charge is 0.271 e. The SMILES string of the molecule is CCC1CCCCC1C(NN)c1cc(Cl)ccc1F. The van der Waals surface area contributed by atoms with Crippen LogP contribution in [0.4, 0.5) is 4.39 Å². The Hall–Kier alpha value is -0.640. The number of nitrogens with two attached hydrogens (primary N) is 1. The van der Waals surface area contributed by atoms with Crippen LogP contribution in [0.3, 0.4) is 0 Å². The minimum atomic E-state index is -0.229. The van der Waals surface area contributed by atoms with E-state index in [9.17, 15) is 4.39 Å². The van der Waals surface area contributed by atoms with Gasteiger partial charge >= 0.3 is 0 Å². The van der Waals surface area contributed by atoms with Crippen LogP contribution in [0, 0.1) is 17.7 Å². The smallest absolute Gasteiger partial charge is 0.128 e. The number of nitrogens with one attached hydrogen (secondary N) is 1. The molecular weight excluding hydrogens is 263 g/mol. The first-order valence-corrected chi connectivity index (χ1v) is 7.46. The van der Waals surface area contributed by atoms with Gasteiger partial charge in [0, 0.05) is 10.6 Å². The van der Waals surface area contributed by atoms with Crippen molar-refractivity contribution in [1.29, 1.82) is 0 Å². The van der Waals surface area contributed by atoms with Gasteiger partial charge in [-0.15, -0.1) is 0 Å². The molecule has 0 radical (unpaired) electrons. The van der Waals surface area contributed by atoms with Crippen LogP contribution in [0.15, 0.2) is 18.2 Å². The van der Waals surface area contributed by atoms with Crippen LogP contribution < -0.4 is 11.3 Å². The first-order chi connectivity index (χ1) is 9.17. The van der Waals surface area contributed by atoms with E-state index in [2.05, 4.69) is 12.3 Å². The lowest BCUT2D eigenvalue weighted by atomic mass is 9.72. The fraction of sp³-hybridized carbons (Fsp3) is 0.600. The van der Waals surface area contributed by atoms with E-state index in [-0.39, 0.29) is 11.9 Å². The Bertz CT molecular complexity index is 425. The summed E-state index contributed by atoms with van der Waals surface area (Å²) in [6.45, 7) is 2.20. The van der Waals surface area contributed by atoms with Gasteiger partial charge in [0.15, 0.2) is 0 Å². The number of benzene rings is 1. The summed E-state index contributed by atoms with van der Waals surface area (Å²) in [7, 11) is 0.